The summed E-state index contributed by atoms with van der Waals surface area (Å²) >= 11 is 0. The number of anilines is 1. The molecule has 2 amide bonds. The van der Waals surface area contributed by atoms with Gasteiger partial charge in [0.25, 0.3) is 5.91 Å². The van der Waals surface area contributed by atoms with Crippen molar-refractivity contribution < 1.29 is 18.7 Å². The summed E-state index contributed by atoms with van der Waals surface area (Å²) < 4.78 is 21.1. The predicted octanol–water partition coefficient (Wildman–Crippen LogP) is 5.81. The van der Waals surface area contributed by atoms with Gasteiger partial charge in [-0.05, 0) is 72.9 Å². The lowest BCUT2D eigenvalue weighted by molar-refractivity contribution is -0.117. The molecule has 2 aromatic heterocycles. The minimum absolute atomic E-state index is 0.0124. The van der Waals surface area contributed by atoms with Crippen molar-refractivity contribution in [1.29, 1.82) is 0 Å². The lowest BCUT2D eigenvalue weighted by Crippen LogP contribution is -2.26. The second-order valence-electron chi connectivity index (χ2n) is 10.3. The van der Waals surface area contributed by atoms with Crippen molar-refractivity contribution in [2.75, 3.05) is 19.0 Å². The van der Waals surface area contributed by atoms with E-state index in [1.807, 2.05) is 54.1 Å². The van der Waals surface area contributed by atoms with E-state index in [-0.39, 0.29) is 29.6 Å². The van der Waals surface area contributed by atoms with Crippen LogP contribution in [0.2, 0.25) is 0 Å². The zero-order valence-electron chi connectivity index (χ0n) is 22.3. The highest BCUT2D eigenvalue weighted by Gasteiger charge is 2.30. The van der Waals surface area contributed by atoms with E-state index in [0.717, 1.165) is 45.8 Å². The molecule has 0 aliphatic heterocycles. The molecule has 1 fully saturated rings. The Morgan fingerprint density at radius 1 is 1.10 bits per heavy atom. The first-order valence-corrected chi connectivity index (χ1v) is 13.4. The van der Waals surface area contributed by atoms with E-state index in [4.69, 9.17) is 4.74 Å². The second kappa shape index (κ2) is 10.6. The van der Waals surface area contributed by atoms with E-state index in [2.05, 4.69) is 20.8 Å². The number of nitrogens with one attached hydrogen (secondary N) is 3. The topological polar surface area (TPSA) is 101 Å². The number of ether oxygens (including phenoxy) is 1. The Labute approximate surface area is 230 Å². The molecule has 1 aliphatic carbocycles. The van der Waals surface area contributed by atoms with Gasteiger partial charge >= 0.3 is 0 Å². The third-order valence-electron chi connectivity index (χ3n) is 7.44. The summed E-state index contributed by atoms with van der Waals surface area (Å²) in [6, 6.07) is 17.8. The molecule has 2 heterocycles. The number of H-pyrrole nitrogens is 1. The van der Waals surface area contributed by atoms with E-state index in [1.54, 1.807) is 19.2 Å². The number of rotatable bonds is 9. The quantitative estimate of drug-likeness (QED) is 0.220. The molecule has 0 spiro atoms. The summed E-state index contributed by atoms with van der Waals surface area (Å²) in [7, 11) is 1.65. The van der Waals surface area contributed by atoms with Gasteiger partial charge in [0, 0.05) is 42.1 Å². The maximum atomic E-state index is 13.8. The highest BCUT2D eigenvalue weighted by Crippen LogP contribution is 2.33. The number of aromatic amines is 1. The zero-order valence-corrected chi connectivity index (χ0v) is 22.3. The van der Waals surface area contributed by atoms with Crippen LogP contribution in [0.25, 0.3) is 32.9 Å². The van der Waals surface area contributed by atoms with Crippen LogP contribution in [0, 0.1) is 11.7 Å². The first kappa shape index (κ1) is 25.8. The van der Waals surface area contributed by atoms with E-state index < -0.39 is 0 Å². The summed E-state index contributed by atoms with van der Waals surface area (Å²) in [6.07, 6.45) is 3.70. The number of methoxy groups -OCH3 is 1. The Balaban J connectivity index is 1.33. The number of hydrogen-bond acceptors (Lipinski definition) is 4. The van der Waals surface area contributed by atoms with Crippen LogP contribution < -0.4 is 10.6 Å². The molecule has 3 N–H and O–H groups in total. The van der Waals surface area contributed by atoms with Crippen molar-refractivity contribution in [2.24, 2.45) is 5.92 Å². The van der Waals surface area contributed by atoms with Gasteiger partial charge in [-0.2, -0.15) is 5.10 Å². The van der Waals surface area contributed by atoms with Gasteiger partial charge in [0.15, 0.2) is 5.82 Å². The van der Waals surface area contributed by atoms with Crippen molar-refractivity contribution in [2.45, 2.75) is 32.4 Å². The summed E-state index contributed by atoms with van der Waals surface area (Å²) in [4.78, 5) is 25.7. The van der Waals surface area contributed by atoms with Gasteiger partial charge < -0.3 is 19.9 Å². The first-order chi connectivity index (χ1) is 19.4. The van der Waals surface area contributed by atoms with Crippen LogP contribution in [0.4, 0.5) is 10.2 Å². The highest BCUT2D eigenvalue weighted by atomic mass is 19.1. The number of benzene rings is 3. The van der Waals surface area contributed by atoms with Gasteiger partial charge in [0.1, 0.15) is 5.82 Å². The summed E-state index contributed by atoms with van der Waals surface area (Å²) in [5, 5.41) is 14.9. The van der Waals surface area contributed by atoms with Crippen LogP contribution in [-0.2, 0) is 16.1 Å². The second-order valence-corrected chi connectivity index (χ2v) is 10.3. The van der Waals surface area contributed by atoms with Crippen LogP contribution in [0.15, 0.2) is 66.9 Å². The first-order valence-electron chi connectivity index (χ1n) is 13.4. The lowest BCUT2D eigenvalue weighted by Gasteiger charge is -2.14. The molecular formula is C31H30FN5O3. The smallest absolute Gasteiger partial charge is 0.253 e. The lowest BCUT2D eigenvalue weighted by atomic mass is 10.0. The number of halogens is 1. The Kier molecular flexibility index (Phi) is 6.81. The molecule has 9 heteroatoms. The van der Waals surface area contributed by atoms with Crippen molar-refractivity contribution >= 4 is 39.4 Å². The fourth-order valence-corrected chi connectivity index (χ4v) is 5.02. The Hall–Kier alpha value is -4.50. The molecule has 1 aliphatic rings. The molecule has 0 unspecified atom stereocenters. The van der Waals surface area contributed by atoms with E-state index in [1.165, 1.54) is 12.1 Å². The van der Waals surface area contributed by atoms with E-state index in [9.17, 15) is 14.0 Å². The largest absolute Gasteiger partial charge is 0.383 e. The zero-order chi connectivity index (χ0) is 27.8. The standard InChI is InChI=1S/C31H30FN5O3/c1-18(20-4-3-5-23(32)14-20)33-31(39)26-17-37(12-13-40-2)28-11-9-21(15-25(26)28)22-8-10-24-27(16-22)35-36-29(24)34-30(38)19-6-7-19/h3-5,8-11,14-19H,6-7,12-13H2,1-2H3,(H,33,39)(H2,34,35,36,38)/t18-/m0/s1. The van der Waals surface area contributed by atoms with Gasteiger partial charge in [-0.1, -0.05) is 24.3 Å². The predicted molar refractivity (Wildman–Crippen MR) is 153 cm³/mol. The third-order valence-corrected chi connectivity index (χ3v) is 7.44. The van der Waals surface area contributed by atoms with Gasteiger partial charge in [-0.15, -0.1) is 0 Å². The Morgan fingerprint density at radius 3 is 2.67 bits per heavy atom. The molecule has 0 saturated heterocycles. The van der Waals surface area contributed by atoms with Gasteiger partial charge in [0.05, 0.1) is 23.7 Å². The minimum atomic E-state index is -0.374. The van der Waals surface area contributed by atoms with Gasteiger partial charge in [0.2, 0.25) is 5.91 Å². The van der Waals surface area contributed by atoms with Crippen molar-refractivity contribution in [1.82, 2.24) is 20.1 Å². The fraction of sp³-hybridized carbons (Fsp3) is 0.258. The summed E-state index contributed by atoms with van der Waals surface area (Å²) in [6.45, 7) is 2.93. The fourth-order valence-electron chi connectivity index (χ4n) is 5.02. The van der Waals surface area contributed by atoms with Crippen LogP contribution in [0.1, 0.15) is 41.7 Å². The van der Waals surface area contributed by atoms with Gasteiger partial charge in [-0.25, -0.2) is 4.39 Å². The maximum Gasteiger partial charge on any atom is 0.253 e. The number of aromatic nitrogens is 3. The SMILES string of the molecule is COCCn1cc(C(=O)N[C@@H](C)c2cccc(F)c2)c2cc(-c3ccc4c(NC(=O)C5CC5)n[nH]c4c3)ccc21. The summed E-state index contributed by atoms with van der Waals surface area (Å²) in [5.74, 6) is 0.0623. The minimum Gasteiger partial charge on any atom is -0.383 e. The molecule has 0 bridgehead atoms. The highest BCUT2D eigenvalue weighted by molar-refractivity contribution is 6.08. The van der Waals surface area contributed by atoms with Crippen LogP contribution >= 0.6 is 0 Å². The van der Waals surface area contributed by atoms with Gasteiger partial charge in [-0.3, -0.25) is 14.7 Å². The third kappa shape index (κ3) is 5.08. The molecule has 5 aromatic rings. The van der Waals surface area contributed by atoms with E-state index >= 15 is 0 Å². The molecule has 0 radical (unpaired) electrons. The number of fused-ring (bicyclic) bond motifs is 2. The number of amides is 2. The molecule has 1 atom stereocenters. The van der Waals surface area contributed by atoms with Crippen molar-refractivity contribution in [3.63, 3.8) is 0 Å². The Bertz CT molecular complexity index is 1740. The normalized spacial score (nSPS) is 14.0. The monoisotopic (exact) mass is 539 g/mol. The number of carbonyl (C=O) groups excluding carboxylic acids is 2. The van der Waals surface area contributed by atoms with Crippen molar-refractivity contribution in [3.8, 4) is 11.1 Å². The van der Waals surface area contributed by atoms with E-state index in [0.29, 0.717) is 30.1 Å². The molecule has 40 heavy (non-hydrogen) atoms. The molecular weight excluding hydrogens is 509 g/mol. The number of hydrogen-bond donors (Lipinski definition) is 3. The van der Waals surface area contributed by atoms with Crippen LogP contribution in [0.5, 0.6) is 0 Å². The van der Waals surface area contributed by atoms with Crippen LogP contribution in [0.3, 0.4) is 0 Å². The average molecular weight is 540 g/mol. The number of carbonyl (C=O) groups is 2. The maximum absolute atomic E-state index is 13.8. The molecule has 3 aromatic carbocycles. The average Bonchev–Trinajstić information content (AvgIpc) is 3.65. The Morgan fingerprint density at radius 2 is 1.90 bits per heavy atom. The molecule has 1 saturated carbocycles. The number of nitrogens with zero attached hydrogens (tertiary/aromatic N) is 2. The molecule has 6 rings (SSSR count). The molecule has 8 nitrogen and oxygen atoms in total. The van der Waals surface area contributed by atoms with Crippen LogP contribution in [-0.4, -0.2) is 40.3 Å². The molecule has 204 valence electrons. The van der Waals surface area contributed by atoms with Crippen molar-refractivity contribution in [3.05, 3.63) is 83.8 Å². The summed E-state index contributed by atoms with van der Waals surface area (Å²) in [5.41, 5.74) is 4.83.